The number of rotatable bonds is 4. The highest BCUT2D eigenvalue weighted by Gasteiger charge is 2.16. The Kier molecular flexibility index (Phi) is 4.43. The fourth-order valence-electron chi connectivity index (χ4n) is 3.26. The topological polar surface area (TPSA) is 66.6 Å². The van der Waals surface area contributed by atoms with Crippen molar-refractivity contribution in [2.75, 3.05) is 11.9 Å². The molecule has 0 saturated heterocycles. The predicted molar refractivity (Wildman–Crippen MR) is 87.2 cm³/mol. The van der Waals surface area contributed by atoms with Gasteiger partial charge in [-0.1, -0.05) is 25.3 Å². The Labute approximate surface area is 130 Å². The van der Waals surface area contributed by atoms with Crippen molar-refractivity contribution in [2.45, 2.75) is 45.6 Å². The highest BCUT2D eigenvalue weighted by atomic mass is 16.3. The summed E-state index contributed by atoms with van der Waals surface area (Å²) in [5, 5.41) is 12.9. The molecule has 1 saturated carbocycles. The smallest absolute Gasteiger partial charge is 0.265 e. The molecule has 0 radical (unpaired) electrons. The predicted octanol–water partition coefficient (Wildman–Crippen LogP) is 2.49. The van der Waals surface area contributed by atoms with E-state index in [1.807, 2.05) is 19.1 Å². The van der Waals surface area contributed by atoms with E-state index in [1.165, 1.54) is 36.5 Å². The van der Waals surface area contributed by atoms with Crippen LogP contribution in [0.5, 0.6) is 0 Å². The molecule has 0 aliphatic heterocycles. The Morgan fingerprint density at radius 3 is 2.86 bits per heavy atom. The zero-order valence-electron chi connectivity index (χ0n) is 13.0. The Balaban J connectivity index is 1.93. The summed E-state index contributed by atoms with van der Waals surface area (Å²) in [6, 6.07) is 3.76. The summed E-state index contributed by atoms with van der Waals surface area (Å²) < 4.78 is 1.51. The minimum absolute atomic E-state index is 0.192. The first-order valence-electron chi connectivity index (χ1n) is 8.06. The number of hydrogen-bond acceptors (Lipinski definition) is 4. The number of pyridine rings is 1. The van der Waals surface area contributed by atoms with Crippen LogP contribution in [0.2, 0.25) is 0 Å². The maximum atomic E-state index is 12.5. The van der Waals surface area contributed by atoms with Gasteiger partial charge in [0, 0.05) is 12.7 Å². The standard InChI is InChI=1S/C17H23N3O2/c1-12-6-5-9-20-16(12)19-15(14(11-21)17(20)22)18-10-13-7-3-2-4-8-13/h5-6,9,13,18,21H,2-4,7-8,10-11H2,1H3. The van der Waals surface area contributed by atoms with E-state index in [2.05, 4.69) is 10.3 Å². The van der Waals surface area contributed by atoms with Gasteiger partial charge in [-0.15, -0.1) is 0 Å². The zero-order valence-corrected chi connectivity index (χ0v) is 13.0. The van der Waals surface area contributed by atoms with E-state index in [1.54, 1.807) is 6.20 Å². The Morgan fingerprint density at radius 2 is 2.14 bits per heavy atom. The number of hydrogen-bond donors (Lipinski definition) is 2. The fraction of sp³-hybridized carbons (Fsp3) is 0.529. The van der Waals surface area contributed by atoms with Crippen molar-refractivity contribution in [3.05, 3.63) is 39.8 Å². The molecule has 0 bridgehead atoms. The molecule has 0 atom stereocenters. The maximum Gasteiger partial charge on any atom is 0.265 e. The number of aliphatic hydroxyl groups is 1. The van der Waals surface area contributed by atoms with Crippen LogP contribution < -0.4 is 10.9 Å². The van der Waals surface area contributed by atoms with E-state index in [-0.39, 0.29) is 12.2 Å². The number of fused-ring (bicyclic) bond motifs is 1. The minimum atomic E-state index is -0.296. The molecule has 3 rings (SSSR count). The molecular formula is C17H23N3O2. The SMILES string of the molecule is Cc1cccn2c(=O)c(CO)c(NCC3CCCCC3)nc12. The lowest BCUT2D eigenvalue weighted by Crippen LogP contribution is -2.25. The van der Waals surface area contributed by atoms with Crippen molar-refractivity contribution >= 4 is 11.5 Å². The van der Waals surface area contributed by atoms with Gasteiger partial charge >= 0.3 is 0 Å². The summed E-state index contributed by atoms with van der Waals surface area (Å²) in [5.74, 6) is 1.17. The third-order valence-corrected chi connectivity index (χ3v) is 4.58. The molecular weight excluding hydrogens is 278 g/mol. The molecule has 2 aromatic rings. The van der Waals surface area contributed by atoms with E-state index in [9.17, 15) is 9.90 Å². The van der Waals surface area contributed by atoms with Gasteiger partial charge in [0.1, 0.15) is 11.5 Å². The van der Waals surface area contributed by atoms with Crippen molar-refractivity contribution < 1.29 is 5.11 Å². The maximum absolute atomic E-state index is 12.5. The highest BCUT2D eigenvalue weighted by molar-refractivity contribution is 5.55. The van der Waals surface area contributed by atoms with Gasteiger partial charge in [0.05, 0.1) is 12.2 Å². The van der Waals surface area contributed by atoms with Crippen LogP contribution in [0.1, 0.15) is 43.2 Å². The van der Waals surface area contributed by atoms with Gasteiger partial charge in [0.2, 0.25) is 0 Å². The van der Waals surface area contributed by atoms with Crippen LogP contribution >= 0.6 is 0 Å². The molecule has 1 fully saturated rings. The van der Waals surface area contributed by atoms with Crippen LogP contribution in [0.25, 0.3) is 5.65 Å². The van der Waals surface area contributed by atoms with Crippen LogP contribution in [0.15, 0.2) is 23.1 Å². The Bertz CT molecular complexity index is 718. The molecule has 5 nitrogen and oxygen atoms in total. The van der Waals surface area contributed by atoms with Crippen LogP contribution in [-0.2, 0) is 6.61 Å². The van der Waals surface area contributed by atoms with E-state index < -0.39 is 0 Å². The van der Waals surface area contributed by atoms with E-state index in [0.717, 1.165) is 12.1 Å². The van der Waals surface area contributed by atoms with Crippen molar-refractivity contribution in [3.8, 4) is 0 Å². The second kappa shape index (κ2) is 6.48. The molecule has 1 aliphatic carbocycles. The number of nitrogens with zero attached hydrogens (tertiary/aromatic N) is 2. The van der Waals surface area contributed by atoms with Crippen LogP contribution in [-0.4, -0.2) is 21.0 Å². The molecule has 0 spiro atoms. The van der Waals surface area contributed by atoms with Crippen LogP contribution in [0.4, 0.5) is 5.82 Å². The summed E-state index contributed by atoms with van der Waals surface area (Å²) in [4.78, 5) is 17.1. The Hall–Kier alpha value is -1.88. The first kappa shape index (κ1) is 15.0. The minimum Gasteiger partial charge on any atom is -0.391 e. The van der Waals surface area contributed by atoms with Crippen molar-refractivity contribution in [2.24, 2.45) is 5.92 Å². The summed E-state index contributed by atoms with van der Waals surface area (Å²) in [5.41, 5.74) is 1.75. The molecule has 5 heteroatoms. The highest BCUT2D eigenvalue weighted by Crippen LogP contribution is 2.24. The van der Waals surface area contributed by atoms with Crippen molar-refractivity contribution in [1.29, 1.82) is 0 Å². The first-order chi connectivity index (χ1) is 10.7. The Morgan fingerprint density at radius 1 is 1.36 bits per heavy atom. The zero-order chi connectivity index (χ0) is 15.5. The second-order valence-electron chi connectivity index (χ2n) is 6.17. The molecule has 2 aromatic heterocycles. The van der Waals surface area contributed by atoms with E-state index in [4.69, 9.17) is 0 Å². The van der Waals surface area contributed by atoms with E-state index >= 15 is 0 Å². The van der Waals surface area contributed by atoms with E-state index in [0.29, 0.717) is 22.9 Å². The van der Waals surface area contributed by atoms with Crippen LogP contribution in [0, 0.1) is 12.8 Å². The molecule has 2 heterocycles. The van der Waals surface area contributed by atoms with Gasteiger partial charge in [-0.05, 0) is 37.3 Å². The van der Waals surface area contributed by atoms with Gasteiger partial charge in [0.25, 0.3) is 5.56 Å². The summed E-state index contributed by atoms with van der Waals surface area (Å²) in [7, 11) is 0. The summed E-state index contributed by atoms with van der Waals surface area (Å²) in [6.45, 7) is 2.46. The fourth-order valence-corrected chi connectivity index (χ4v) is 3.26. The van der Waals surface area contributed by atoms with Crippen LogP contribution in [0.3, 0.4) is 0 Å². The normalized spacial score (nSPS) is 16.1. The van der Waals surface area contributed by atoms with Gasteiger partial charge in [0.15, 0.2) is 0 Å². The lowest BCUT2D eigenvalue weighted by atomic mass is 9.89. The third-order valence-electron chi connectivity index (χ3n) is 4.58. The number of aromatic nitrogens is 2. The molecule has 22 heavy (non-hydrogen) atoms. The third kappa shape index (κ3) is 2.86. The summed E-state index contributed by atoms with van der Waals surface area (Å²) >= 11 is 0. The van der Waals surface area contributed by atoms with Crippen molar-refractivity contribution in [1.82, 2.24) is 9.38 Å². The molecule has 0 aromatic carbocycles. The number of anilines is 1. The van der Waals surface area contributed by atoms with Gasteiger partial charge in [-0.3, -0.25) is 9.20 Å². The number of nitrogens with one attached hydrogen (secondary N) is 1. The molecule has 118 valence electrons. The van der Waals surface area contributed by atoms with Crippen molar-refractivity contribution in [3.63, 3.8) is 0 Å². The number of aliphatic hydroxyl groups excluding tert-OH is 1. The number of aryl methyl sites for hydroxylation is 1. The molecule has 0 amide bonds. The average molecular weight is 301 g/mol. The van der Waals surface area contributed by atoms with Gasteiger partial charge in [-0.25, -0.2) is 4.98 Å². The monoisotopic (exact) mass is 301 g/mol. The molecule has 2 N–H and O–H groups in total. The lowest BCUT2D eigenvalue weighted by molar-refractivity contribution is 0.280. The van der Waals surface area contributed by atoms with Gasteiger partial charge in [-0.2, -0.15) is 0 Å². The van der Waals surface area contributed by atoms with Gasteiger partial charge < -0.3 is 10.4 Å². The quantitative estimate of drug-likeness (QED) is 0.910. The first-order valence-corrected chi connectivity index (χ1v) is 8.06. The molecule has 1 aliphatic rings. The average Bonchev–Trinajstić information content (AvgIpc) is 2.55. The lowest BCUT2D eigenvalue weighted by Gasteiger charge is -2.22. The summed E-state index contributed by atoms with van der Waals surface area (Å²) in [6.07, 6.45) is 8.05. The largest absolute Gasteiger partial charge is 0.391 e. The molecule has 0 unspecified atom stereocenters. The second-order valence-corrected chi connectivity index (χ2v) is 6.17.